The minimum Gasteiger partial charge on any atom is -0.366 e. The van der Waals surface area contributed by atoms with Gasteiger partial charge in [0.25, 0.3) is 0 Å². The lowest BCUT2D eigenvalue weighted by Gasteiger charge is -2.08. The Morgan fingerprint density at radius 3 is 1.90 bits per heavy atom. The van der Waals surface area contributed by atoms with Gasteiger partial charge in [0, 0.05) is 6.08 Å². The number of rotatable bonds is 4. The molecule has 5 nitrogen and oxygen atoms in total. The summed E-state index contributed by atoms with van der Waals surface area (Å²) in [7, 11) is -3.74. The van der Waals surface area contributed by atoms with Crippen molar-refractivity contribution in [2.24, 2.45) is 10.9 Å². The standard InChI is InChI=1S/C15H14N2O3S/c16-15(18)10-14(11-4-2-1-3-5-11)12-6-8-13(9-7-12)21(17,19)20/h1-10H,(H2,16,18)(H2,17,19,20). The van der Waals surface area contributed by atoms with E-state index in [1.165, 1.54) is 18.2 Å². The van der Waals surface area contributed by atoms with E-state index in [9.17, 15) is 13.2 Å². The summed E-state index contributed by atoms with van der Waals surface area (Å²) in [6.07, 6.45) is 1.31. The molecule has 0 saturated carbocycles. The van der Waals surface area contributed by atoms with Gasteiger partial charge < -0.3 is 5.73 Å². The molecule has 21 heavy (non-hydrogen) atoms. The molecule has 2 aromatic carbocycles. The second kappa shape index (κ2) is 5.90. The number of carbonyl (C=O) groups is 1. The number of hydrogen-bond acceptors (Lipinski definition) is 3. The summed E-state index contributed by atoms with van der Waals surface area (Å²) in [4.78, 5) is 11.2. The van der Waals surface area contributed by atoms with Crippen LogP contribution in [0.1, 0.15) is 11.1 Å². The summed E-state index contributed by atoms with van der Waals surface area (Å²) < 4.78 is 22.5. The fraction of sp³-hybridized carbons (Fsp3) is 0. The molecule has 0 saturated heterocycles. The molecule has 0 aliphatic rings. The first kappa shape index (κ1) is 15.0. The van der Waals surface area contributed by atoms with Crippen LogP contribution in [-0.4, -0.2) is 14.3 Å². The Bertz CT molecular complexity index is 779. The van der Waals surface area contributed by atoms with Crippen molar-refractivity contribution >= 4 is 21.5 Å². The van der Waals surface area contributed by atoms with Crippen LogP contribution in [0.2, 0.25) is 0 Å². The highest BCUT2D eigenvalue weighted by molar-refractivity contribution is 7.89. The SMILES string of the molecule is NC(=O)C=C(c1ccccc1)c1ccc(S(N)(=O)=O)cc1. The van der Waals surface area contributed by atoms with Crippen LogP contribution in [0.15, 0.2) is 65.6 Å². The molecule has 108 valence electrons. The summed E-state index contributed by atoms with van der Waals surface area (Å²) in [5.41, 5.74) is 7.33. The van der Waals surface area contributed by atoms with Crippen molar-refractivity contribution in [2.75, 3.05) is 0 Å². The topological polar surface area (TPSA) is 103 Å². The molecule has 0 fully saturated rings. The average molecular weight is 302 g/mol. The highest BCUT2D eigenvalue weighted by Crippen LogP contribution is 2.24. The highest BCUT2D eigenvalue weighted by atomic mass is 32.2. The van der Waals surface area contributed by atoms with Gasteiger partial charge in [0.2, 0.25) is 15.9 Å². The van der Waals surface area contributed by atoms with Crippen LogP contribution in [0.4, 0.5) is 0 Å². The van der Waals surface area contributed by atoms with Crippen molar-refractivity contribution in [2.45, 2.75) is 4.90 Å². The largest absolute Gasteiger partial charge is 0.366 e. The molecule has 2 rings (SSSR count). The average Bonchev–Trinajstić information content (AvgIpc) is 2.45. The Balaban J connectivity index is 2.51. The summed E-state index contributed by atoms with van der Waals surface area (Å²) >= 11 is 0. The maximum absolute atomic E-state index is 11.3. The fourth-order valence-corrected chi connectivity index (χ4v) is 2.43. The van der Waals surface area contributed by atoms with Gasteiger partial charge in [0.15, 0.2) is 0 Å². The van der Waals surface area contributed by atoms with Crippen LogP contribution in [0.25, 0.3) is 5.57 Å². The van der Waals surface area contributed by atoms with E-state index in [-0.39, 0.29) is 4.90 Å². The number of carbonyl (C=O) groups excluding carboxylic acids is 1. The third-order valence-corrected chi connectivity index (χ3v) is 3.79. The first-order chi connectivity index (χ1) is 9.88. The molecule has 0 bridgehead atoms. The van der Waals surface area contributed by atoms with Crippen molar-refractivity contribution in [3.63, 3.8) is 0 Å². The lowest BCUT2D eigenvalue weighted by molar-refractivity contribution is -0.113. The Hall–Kier alpha value is -2.44. The van der Waals surface area contributed by atoms with Gasteiger partial charge in [-0.25, -0.2) is 13.6 Å². The number of nitrogens with two attached hydrogens (primary N) is 2. The van der Waals surface area contributed by atoms with E-state index in [2.05, 4.69) is 0 Å². The zero-order chi connectivity index (χ0) is 15.5. The predicted octanol–water partition coefficient (Wildman–Crippen LogP) is 1.25. The molecule has 0 heterocycles. The lowest BCUT2D eigenvalue weighted by Crippen LogP contribution is -2.12. The molecule has 0 atom stereocenters. The van der Waals surface area contributed by atoms with Crippen molar-refractivity contribution in [1.82, 2.24) is 0 Å². The van der Waals surface area contributed by atoms with E-state index in [0.717, 1.165) is 5.56 Å². The van der Waals surface area contributed by atoms with E-state index in [1.807, 2.05) is 30.3 Å². The van der Waals surface area contributed by atoms with Crippen molar-refractivity contribution in [1.29, 1.82) is 0 Å². The summed E-state index contributed by atoms with van der Waals surface area (Å²) in [6, 6.07) is 15.2. The van der Waals surface area contributed by atoms with E-state index in [1.54, 1.807) is 12.1 Å². The van der Waals surface area contributed by atoms with E-state index < -0.39 is 15.9 Å². The van der Waals surface area contributed by atoms with Crippen LogP contribution in [0.3, 0.4) is 0 Å². The number of primary sulfonamides is 1. The third-order valence-electron chi connectivity index (χ3n) is 2.87. The van der Waals surface area contributed by atoms with Crippen LogP contribution in [0, 0.1) is 0 Å². The second-order valence-corrected chi connectivity index (χ2v) is 5.96. The normalized spacial score (nSPS) is 12.1. The smallest absolute Gasteiger partial charge is 0.242 e. The Kier molecular flexibility index (Phi) is 4.21. The second-order valence-electron chi connectivity index (χ2n) is 4.40. The van der Waals surface area contributed by atoms with Crippen molar-refractivity contribution in [3.8, 4) is 0 Å². The van der Waals surface area contributed by atoms with Gasteiger partial charge >= 0.3 is 0 Å². The molecule has 0 aliphatic heterocycles. The van der Waals surface area contributed by atoms with Gasteiger partial charge in [0.05, 0.1) is 4.90 Å². The zero-order valence-corrected chi connectivity index (χ0v) is 11.9. The molecular formula is C15H14N2O3S. The fourth-order valence-electron chi connectivity index (χ4n) is 1.92. The van der Waals surface area contributed by atoms with Gasteiger partial charge in [-0.2, -0.15) is 0 Å². The Morgan fingerprint density at radius 2 is 1.43 bits per heavy atom. The van der Waals surface area contributed by atoms with Gasteiger partial charge in [-0.1, -0.05) is 42.5 Å². The summed E-state index contributed by atoms with van der Waals surface area (Å²) in [5, 5.41) is 5.06. The monoisotopic (exact) mass is 302 g/mol. The maximum atomic E-state index is 11.3. The van der Waals surface area contributed by atoms with Crippen molar-refractivity contribution < 1.29 is 13.2 Å². The van der Waals surface area contributed by atoms with E-state index >= 15 is 0 Å². The molecule has 0 spiro atoms. The molecular weight excluding hydrogens is 288 g/mol. The minimum atomic E-state index is -3.74. The maximum Gasteiger partial charge on any atom is 0.242 e. The first-order valence-corrected chi connectivity index (χ1v) is 7.62. The van der Waals surface area contributed by atoms with Crippen LogP contribution in [-0.2, 0) is 14.8 Å². The van der Waals surface area contributed by atoms with E-state index in [4.69, 9.17) is 10.9 Å². The lowest BCUT2D eigenvalue weighted by atomic mass is 9.97. The van der Waals surface area contributed by atoms with Crippen molar-refractivity contribution in [3.05, 3.63) is 71.8 Å². The predicted molar refractivity (Wildman–Crippen MR) is 80.5 cm³/mol. The van der Waals surface area contributed by atoms with Crippen LogP contribution >= 0.6 is 0 Å². The molecule has 0 aromatic heterocycles. The molecule has 0 radical (unpaired) electrons. The molecule has 4 N–H and O–H groups in total. The van der Waals surface area contributed by atoms with Crippen LogP contribution < -0.4 is 10.9 Å². The molecule has 0 aliphatic carbocycles. The number of benzene rings is 2. The van der Waals surface area contributed by atoms with Crippen LogP contribution in [0.5, 0.6) is 0 Å². The molecule has 0 unspecified atom stereocenters. The van der Waals surface area contributed by atoms with E-state index in [0.29, 0.717) is 11.1 Å². The minimum absolute atomic E-state index is 0.0118. The van der Waals surface area contributed by atoms with Gasteiger partial charge in [0.1, 0.15) is 0 Å². The number of primary amides is 1. The molecule has 1 amide bonds. The first-order valence-electron chi connectivity index (χ1n) is 6.08. The summed E-state index contributed by atoms with van der Waals surface area (Å²) in [6.45, 7) is 0. The molecule has 6 heteroatoms. The third kappa shape index (κ3) is 3.77. The Morgan fingerprint density at radius 1 is 0.905 bits per heavy atom. The Labute approximate surface area is 122 Å². The number of amides is 1. The van der Waals surface area contributed by atoms with Gasteiger partial charge in [-0.15, -0.1) is 0 Å². The quantitative estimate of drug-likeness (QED) is 0.831. The number of hydrogen-bond donors (Lipinski definition) is 2. The zero-order valence-electron chi connectivity index (χ0n) is 11.1. The molecule has 2 aromatic rings. The van der Waals surface area contributed by atoms with Gasteiger partial charge in [-0.3, -0.25) is 4.79 Å². The highest BCUT2D eigenvalue weighted by Gasteiger charge is 2.10. The van der Waals surface area contributed by atoms with Gasteiger partial charge in [-0.05, 0) is 28.8 Å². The summed E-state index contributed by atoms with van der Waals surface area (Å²) in [5.74, 6) is -0.579. The number of sulfonamides is 1.